The van der Waals surface area contributed by atoms with Crippen molar-refractivity contribution >= 4 is 51.3 Å². The minimum Gasteiger partial charge on any atom is -0.486 e. The molecule has 0 spiro atoms. The number of aromatic nitrogens is 3. The first-order valence-corrected chi connectivity index (χ1v) is 13.3. The van der Waals surface area contributed by atoms with E-state index < -0.39 is 0 Å². The van der Waals surface area contributed by atoms with Crippen molar-refractivity contribution in [3.8, 4) is 5.75 Å². The fourth-order valence-electron chi connectivity index (χ4n) is 5.20. The van der Waals surface area contributed by atoms with Gasteiger partial charge in [-0.25, -0.2) is 9.97 Å². The summed E-state index contributed by atoms with van der Waals surface area (Å²) >= 11 is 6.53. The molecule has 4 aromatic rings. The summed E-state index contributed by atoms with van der Waals surface area (Å²) < 4.78 is 5.85. The highest BCUT2D eigenvalue weighted by Crippen LogP contribution is 2.38. The van der Waals surface area contributed by atoms with Crippen LogP contribution in [0.3, 0.4) is 0 Å². The number of amides is 1. The number of pyridine rings is 1. The Morgan fingerprint density at radius 3 is 2.87 bits per heavy atom. The third kappa shape index (κ3) is 5.36. The molecule has 10 heteroatoms. The summed E-state index contributed by atoms with van der Waals surface area (Å²) in [5.41, 5.74) is 4.01. The van der Waals surface area contributed by atoms with Crippen LogP contribution < -0.4 is 20.3 Å². The quantitative estimate of drug-likeness (QED) is 0.300. The van der Waals surface area contributed by atoms with Crippen molar-refractivity contribution in [1.82, 2.24) is 19.9 Å². The Kier molecular flexibility index (Phi) is 7.00. The van der Waals surface area contributed by atoms with E-state index in [0.29, 0.717) is 34.9 Å². The predicted octanol–water partition coefficient (Wildman–Crippen LogP) is 5.02. The van der Waals surface area contributed by atoms with E-state index in [1.807, 2.05) is 42.5 Å². The molecule has 2 saturated heterocycles. The lowest BCUT2D eigenvalue weighted by Crippen LogP contribution is -2.47. The van der Waals surface area contributed by atoms with Gasteiger partial charge < -0.3 is 20.3 Å². The first-order chi connectivity index (χ1) is 19.1. The molecule has 2 fully saturated rings. The zero-order valence-corrected chi connectivity index (χ0v) is 22.1. The summed E-state index contributed by atoms with van der Waals surface area (Å²) in [6, 6.07) is 15.5. The van der Waals surface area contributed by atoms with E-state index in [2.05, 4.69) is 42.0 Å². The van der Waals surface area contributed by atoms with Crippen molar-refractivity contribution in [3.63, 3.8) is 0 Å². The topological polar surface area (TPSA) is 95.5 Å². The second-order valence-corrected chi connectivity index (χ2v) is 10.0. The lowest BCUT2D eigenvalue weighted by Gasteiger charge is -2.37. The number of hydrogen-bond donors (Lipinski definition) is 2. The second kappa shape index (κ2) is 10.9. The highest BCUT2D eigenvalue weighted by atomic mass is 35.5. The van der Waals surface area contributed by atoms with Gasteiger partial charge in [0.15, 0.2) is 0 Å². The Bertz CT molecular complexity index is 1530. The molecule has 2 aliphatic rings. The van der Waals surface area contributed by atoms with E-state index in [9.17, 15) is 4.79 Å². The highest BCUT2D eigenvalue weighted by Gasteiger charge is 2.34. The summed E-state index contributed by atoms with van der Waals surface area (Å²) in [6.07, 6.45) is 5.65. The fourth-order valence-corrected chi connectivity index (χ4v) is 5.43. The molecule has 2 atom stereocenters. The Balaban J connectivity index is 1.29. The molecular formula is C29H28ClN7O2. The number of nitrogens with one attached hydrogen (secondary N) is 2. The summed E-state index contributed by atoms with van der Waals surface area (Å²) in [7, 11) is 0. The van der Waals surface area contributed by atoms with E-state index >= 15 is 0 Å². The monoisotopic (exact) mass is 541 g/mol. The molecule has 198 valence electrons. The smallest absolute Gasteiger partial charge is 0.247 e. The average Bonchev–Trinajstić information content (AvgIpc) is 3.33. The standard InChI is InChI=1S/C29H28ClN7O2/c1-2-28(38)35-25-14-22-24(15-26(25)37-12-11-36-10-8-21(37)16-36)32-18-33-29(22)34-19-6-7-27(23(30)13-19)39-17-20-5-3-4-9-31-20/h2-7,9,13-15,18,21H,1,8,10-12,16-17H2,(H,35,38)(H,32,33,34). The maximum Gasteiger partial charge on any atom is 0.247 e. The largest absolute Gasteiger partial charge is 0.486 e. The van der Waals surface area contributed by atoms with Gasteiger partial charge in [0, 0.05) is 49.5 Å². The van der Waals surface area contributed by atoms with Gasteiger partial charge in [-0.1, -0.05) is 24.2 Å². The number of carbonyl (C=O) groups is 1. The van der Waals surface area contributed by atoms with Crippen LogP contribution in [0.4, 0.5) is 22.9 Å². The minimum absolute atomic E-state index is 0.264. The summed E-state index contributed by atoms with van der Waals surface area (Å²) in [5.74, 6) is 0.899. The van der Waals surface area contributed by atoms with Gasteiger partial charge in [-0.3, -0.25) is 14.7 Å². The molecule has 2 unspecified atom stereocenters. The lowest BCUT2D eigenvalue weighted by molar-refractivity contribution is -0.111. The van der Waals surface area contributed by atoms with E-state index in [0.717, 1.165) is 60.6 Å². The predicted molar refractivity (Wildman–Crippen MR) is 154 cm³/mol. The number of benzene rings is 2. The van der Waals surface area contributed by atoms with E-state index in [-0.39, 0.29) is 5.91 Å². The van der Waals surface area contributed by atoms with Crippen molar-refractivity contribution in [2.45, 2.75) is 19.1 Å². The maximum absolute atomic E-state index is 12.4. The molecule has 39 heavy (non-hydrogen) atoms. The molecule has 0 aliphatic carbocycles. The number of fused-ring (bicyclic) bond motifs is 3. The minimum atomic E-state index is -0.264. The SMILES string of the molecule is C=CC(=O)Nc1cc2c(Nc3ccc(OCc4ccccn4)c(Cl)c3)ncnc2cc1N1CCN2CCC1C2. The second-order valence-electron chi connectivity index (χ2n) is 9.62. The van der Waals surface area contributed by atoms with Crippen molar-refractivity contribution in [1.29, 1.82) is 0 Å². The first kappa shape index (κ1) is 25.1. The summed E-state index contributed by atoms with van der Waals surface area (Å²) in [5, 5.41) is 7.60. The van der Waals surface area contributed by atoms with Crippen LogP contribution in [0.5, 0.6) is 5.75 Å². The van der Waals surface area contributed by atoms with Gasteiger partial charge in [0.2, 0.25) is 5.91 Å². The average molecular weight is 542 g/mol. The molecule has 2 aromatic heterocycles. The normalized spacial score (nSPS) is 18.1. The Labute approximate surface area is 231 Å². The van der Waals surface area contributed by atoms with Gasteiger partial charge in [-0.2, -0.15) is 0 Å². The number of ether oxygens (including phenoxy) is 1. The van der Waals surface area contributed by atoms with Crippen LogP contribution >= 0.6 is 11.6 Å². The molecule has 9 nitrogen and oxygen atoms in total. The van der Waals surface area contributed by atoms with Crippen LogP contribution in [0, 0.1) is 0 Å². The van der Waals surface area contributed by atoms with E-state index in [1.165, 1.54) is 12.4 Å². The Morgan fingerprint density at radius 1 is 1.13 bits per heavy atom. The van der Waals surface area contributed by atoms with Crippen LogP contribution in [0.1, 0.15) is 12.1 Å². The summed E-state index contributed by atoms with van der Waals surface area (Å²) in [4.78, 5) is 30.6. The zero-order valence-electron chi connectivity index (χ0n) is 21.3. The molecule has 1 amide bonds. The number of carbonyl (C=O) groups excluding carboxylic acids is 1. The number of halogens is 1. The van der Waals surface area contributed by atoms with Gasteiger partial charge in [0.05, 0.1) is 27.6 Å². The van der Waals surface area contributed by atoms with E-state index in [4.69, 9.17) is 16.3 Å². The van der Waals surface area contributed by atoms with E-state index in [1.54, 1.807) is 12.3 Å². The van der Waals surface area contributed by atoms with Gasteiger partial charge in [0.25, 0.3) is 0 Å². The zero-order chi connectivity index (χ0) is 26.8. The fraction of sp³-hybridized carbons (Fsp3) is 0.241. The van der Waals surface area contributed by atoms with Gasteiger partial charge in [-0.15, -0.1) is 0 Å². The Hall–Kier alpha value is -4.21. The Morgan fingerprint density at radius 2 is 2.05 bits per heavy atom. The molecule has 0 radical (unpaired) electrons. The molecule has 2 bridgehead atoms. The maximum atomic E-state index is 12.4. The van der Waals surface area contributed by atoms with Crippen molar-refractivity contribution < 1.29 is 9.53 Å². The van der Waals surface area contributed by atoms with Crippen molar-refractivity contribution in [3.05, 3.63) is 84.4 Å². The molecule has 4 heterocycles. The lowest BCUT2D eigenvalue weighted by atomic mass is 10.1. The van der Waals surface area contributed by atoms with Gasteiger partial charge >= 0.3 is 0 Å². The van der Waals surface area contributed by atoms with Crippen LogP contribution in [0.15, 0.2) is 73.7 Å². The van der Waals surface area contributed by atoms with Crippen LogP contribution in [0.2, 0.25) is 5.02 Å². The van der Waals surface area contributed by atoms with Crippen molar-refractivity contribution in [2.24, 2.45) is 0 Å². The molecule has 2 N–H and O–H groups in total. The van der Waals surface area contributed by atoms with Gasteiger partial charge in [-0.05, 0) is 55.0 Å². The third-order valence-electron chi connectivity index (χ3n) is 7.15. The summed E-state index contributed by atoms with van der Waals surface area (Å²) in [6.45, 7) is 7.98. The van der Waals surface area contributed by atoms with Crippen LogP contribution in [-0.4, -0.2) is 58.0 Å². The molecular weight excluding hydrogens is 514 g/mol. The molecule has 0 saturated carbocycles. The number of anilines is 4. The molecule has 6 rings (SSSR count). The highest BCUT2D eigenvalue weighted by molar-refractivity contribution is 6.32. The van der Waals surface area contributed by atoms with Gasteiger partial charge in [0.1, 0.15) is 24.5 Å². The number of piperazine rings is 1. The third-order valence-corrected chi connectivity index (χ3v) is 7.44. The van der Waals surface area contributed by atoms with Crippen LogP contribution in [-0.2, 0) is 11.4 Å². The van der Waals surface area contributed by atoms with Crippen molar-refractivity contribution in [2.75, 3.05) is 41.7 Å². The molecule has 2 aromatic carbocycles. The number of hydrogen-bond acceptors (Lipinski definition) is 8. The molecule has 2 aliphatic heterocycles. The first-order valence-electron chi connectivity index (χ1n) is 12.9. The number of rotatable bonds is 8. The van der Waals surface area contributed by atoms with Crippen LogP contribution in [0.25, 0.3) is 10.9 Å². The number of nitrogens with zero attached hydrogens (tertiary/aromatic N) is 5.